The molecule has 1 unspecified atom stereocenters. The summed E-state index contributed by atoms with van der Waals surface area (Å²) in [6.07, 6.45) is 2.36. The van der Waals surface area contributed by atoms with Gasteiger partial charge in [0.1, 0.15) is 0 Å². The molecular formula is C28H30N4O2S. The zero-order valence-electron chi connectivity index (χ0n) is 20.2. The number of nitrogens with zero attached hydrogens (tertiary/aromatic N) is 2. The molecule has 180 valence electrons. The molecule has 35 heavy (non-hydrogen) atoms. The highest BCUT2D eigenvalue weighted by molar-refractivity contribution is 8.16. The van der Waals surface area contributed by atoms with Crippen molar-refractivity contribution in [2.75, 3.05) is 5.32 Å². The molecule has 0 saturated heterocycles. The van der Waals surface area contributed by atoms with Crippen LogP contribution in [0.15, 0.2) is 82.0 Å². The van der Waals surface area contributed by atoms with Gasteiger partial charge in [0.25, 0.3) is 5.91 Å². The molecule has 7 heteroatoms. The summed E-state index contributed by atoms with van der Waals surface area (Å²) in [5, 5.41) is 8.91. The number of anilines is 1. The third-order valence-corrected chi connectivity index (χ3v) is 7.37. The van der Waals surface area contributed by atoms with Gasteiger partial charge < -0.3 is 15.5 Å². The normalized spacial score (nSPS) is 19.3. The van der Waals surface area contributed by atoms with Gasteiger partial charge in [0.2, 0.25) is 5.91 Å². The van der Waals surface area contributed by atoms with Crippen LogP contribution in [0.4, 0.5) is 5.69 Å². The van der Waals surface area contributed by atoms with Crippen LogP contribution >= 0.6 is 11.8 Å². The predicted molar refractivity (Wildman–Crippen MR) is 142 cm³/mol. The van der Waals surface area contributed by atoms with Gasteiger partial charge in [0.15, 0.2) is 5.17 Å². The highest BCUT2D eigenvalue weighted by Crippen LogP contribution is 2.45. The van der Waals surface area contributed by atoms with Crippen LogP contribution in [-0.2, 0) is 9.59 Å². The number of fused-ring (bicyclic) bond motifs is 1. The van der Waals surface area contributed by atoms with Gasteiger partial charge in [-0.1, -0.05) is 68.1 Å². The maximum atomic E-state index is 13.6. The van der Waals surface area contributed by atoms with E-state index in [1.165, 1.54) is 17.3 Å². The molecule has 0 bridgehead atoms. The first kappa shape index (κ1) is 23.4. The molecule has 0 radical (unpaired) electrons. The maximum Gasteiger partial charge on any atom is 0.255 e. The zero-order valence-corrected chi connectivity index (χ0v) is 21.1. The van der Waals surface area contributed by atoms with Crippen LogP contribution in [0.2, 0.25) is 0 Å². The number of para-hydroxylation sites is 1. The fourth-order valence-electron chi connectivity index (χ4n) is 4.43. The lowest BCUT2D eigenvalue weighted by atomic mass is 9.91. The van der Waals surface area contributed by atoms with Crippen molar-refractivity contribution in [1.82, 2.24) is 10.2 Å². The number of amides is 2. The lowest BCUT2D eigenvalue weighted by Crippen LogP contribution is -2.39. The molecule has 1 fully saturated rings. The predicted octanol–water partition coefficient (Wildman–Crippen LogP) is 5.69. The van der Waals surface area contributed by atoms with E-state index in [1.54, 1.807) is 0 Å². The molecule has 2 N–H and O–H groups in total. The molecule has 2 heterocycles. The second-order valence-corrected chi connectivity index (χ2v) is 10.4. The van der Waals surface area contributed by atoms with E-state index in [-0.39, 0.29) is 24.3 Å². The Morgan fingerprint density at radius 2 is 1.80 bits per heavy atom. The van der Waals surface area contributed by atoms with E-state index in [9.17, 15) is 9.59 Å². The fraction of sp³-hybridized carbons (Fsp3) is 0.321. The van der Waals surface area contributed by atoms with E-state index >= 15 is 0 Å². The Balaban J connectivity index is 1.51. The van der Waals surface area contributed by atoms with Gasteiger partial charge in [-0.3, -0.25) is 9.59 Å². The molecule has 2 amide bonds. The second kappa shape index (κ2) is 9.74. The number of rotatable bonds is 7. The second-order valence-electron chi connectivity index (χ2n) is 9.55. The minimum Gasteiger partial charge on any atom is -0.353 e. The van der Waals surface area contributed by atoms with Crippen molar-refractivity contribution < 1.29 is 9.59 Å². The minimum absolute atomic E-state index is 0.0102. The van der Waals surface area contributed by atoms with Crippen molar-refractivity contribution >= 4 is 34.4 Å². The summed E-state index contributed by atoms with van der Waals surface area (Å²) in [5.74, 6) is 0.235. The number of hydrogen-bond acceptors (Lipinski definition) is 5. The minimum atomic E-state index is -0.373. The first-order chi connectivity index (χ1) is 16.9. The Bertz CT molecular complexity index is 1230. The number of nitrogens with one attached hydrogen (secondary N) is 2. The molecule has 5 rings (SSSR count). The van der Waals surface area contributed by atoms with Gasteiger partial charge >= 0.3 is 0 Å². The van der Waals surface area contributed by atoms with Gasteiger partial charge in [0, 0.05) is 17.4 Å². The number of hydrogen-bond donors (Lipinski definition) is 2. The number of benzene rings is 2. The van der Waals surface area contributed by atoms with Crippen molar-refractivity contribution in [2.45, 2.75) is 58.0 Å². The molecule has 2 aromatic carbocycles. The van der Waals surface area contributed by atoms with Gasteiger partial charge in [-0.2, -0.15) is 0 Å². The number of allylic oxidation sites excluding steroid dienone is 1. The SMILES string of the molecule is CC1=C(C(=O)Nc2ccccc2)C(c2ccc(C(C)C)cc2)N2C(CC(=O)NC3CC3)=CSC2=N1. The lowest BCUT2D eigenvalue weighted by molar-refractivity contribution is -0.120. The van der Waals surface area contributed by atoms with E-state index in [0.717, 1.165) is 35.0 Å². The van der Waals surface area contributed by atoms with Gasteiger partial charge in [0.05, 0.1) is 23.7 Å². The van der Waals surface area contributed by atoms with Crippen LogP contribution in [0.1, 0.15) is 63.1 Å². The first-order valence-corrected chi connectivity index (χ1v) is 13.0. The molecule has 0 aromatic heterocycles. The van der Waals surface area contributed by atoms with E-state index in [2.05, 4.69) is 53.6 Å². The van der Waals surface area contributed by atoms with Crippen molar-refractivity contribution in [3.63, 3.8) is 0 Å². The summed E-state index contributed by atoms with van der Waals surface area (Å²) in [6, 6.07) is 17.8. The first-order valence-electron chi connectivity index (χ1n) is 12.1. The summed E-state index contributed by atoms with van der Waals surface area (Å²) in [4.78, 5) is 33.2. The molecule has 1 aliphatic carbocycles. The van der Waals surface area contributed by atoms with E-state index in [4.69, 9.17) is 4.99 Å². The zero-order chi connectivity index (χ0) is 24.5. The number of aliphatic imine (C=N–C) groups is 1. The quantitative estimate of drug-likeness (QED) is 0.527. The maximum absolute atomic E-state index is 13.6. The van der Waals surface area contributed by atoms with Crippen LogP contribution in [-0.4, -0.2) is 27.9 Å². The third-order valence-electron chi connectivity index (χ3n) is 6.48. The molecule has 1 saturated carbocycles. The van der Waals surface area contributed by atoms with Crippen LogP contribution in [0, 0.1) is 0 Å². The fourth-order valence-corrected chi connectivity index (χ4v) is 5.39. The summed E-state index contributed by atoms with van der Waals surface area (Å²) < 4.78 is 0. The Labute approximate surface area is 210 Å². The number of amidine groups is 1. The van der Waals surface area contributed by atoms with Crippen molar-refractivity contribution in [2.24, 2.45) is 4.99 Å². The highest BCUT2D eigenvalue weighted by Gasteiger charge is 2.40. The summed E-state index contributed by atoms with van der Waals surface area (Å²) >= 11 is 1.51. The Morgan fingerprint density at radius 3 is 2.46 bits per heavy atom. The Morgan fingerprint density at radius 1 is 1.09 bits per heavy atom. The Hall–Kier alpha value is -3.32. The molecule has 6 nitrogen and oxygen atoms in total. The van der Waals surface area contributed by atoms with Crippen LogP contribution < -0.4 is 10.6 Å². The van der Waals surface area contributed by atoms with E-state index in [0.29, 0.717) is 23.2 Å². The topological polar surface area (TPSA) is 73.8 Å². The van der Waals surface area contributed by atoms with Crippen LogP contribution in [0.5, 0.6) is 0 Å². The lowest BCUT2D eigenvalue weighted by Gasteiger charge is -2.36. The third kappa shape index (κ3) is 5.05. The van der Waals surface area contributed by atoms with Crippen molar-refractivity contribution in [3.05, 3.63) is 88.1 Å². The number of carbonyl (C=O) groups is 2. The molecule has 3 aliphatic rings. The van der Waals surface area contributed by atoms with Crippen LogP contribution in [0.3, 0.4) is 0 Å². The molecular weight excluding hydrogens is 456 g/mol. The van der Waals surface area contributed by atoms with Crippen molar-refractivity contribution in [3.8, 4) is 0 Å². The standard InChI is InChI=1S/C28H30N4O2S/c1-17(2)19-9-11-20(12-10-19)26-25(27(34)31-21-7-5-4-6-8-21)18(3)29-28-32(26)23(16-35-28)15-24(33)30-22-13-14-22/h4-12,16-17,22,26H,13-15H2,1-3H3,(H,30,33)(H,31,34). The van der Waals surface area contributed by atoms with Crippen LogP contribution in [0.25, 0.3) is 0 Å². The molecule has 0 spiro atoms. The van der Waals surface area contributed by atoms with E-state index in [1.807, 2.05) is 42.7 Å². The monoisotopic (exact) mass is 486 g/mol. The summed E-state index contributed by atoms with van der Waals surface area (Å²) in [7, 11) is 0. The molecule has 2 aliphatic heterocycles. The van der Waals surface area contributed by atoms with Gasteiger partial charge in [-0.15, -0.1) is 0 Å². The number of carbonyl (C=O) groups excluding carboxylic acids is 2. The summed E-state index contributed by atoms with van der Waals surface area (Å²) in [6.45, 7) is 6.22. The Kier molecular flexibility index (Phi) is 6.52. The average molecular weight is 487 g/mol. The molecule has 2 aromatic rings. The molecule has 1 atom stereocenters. The summed E-state index contributed by atoms with van der Waals surface area (Å²) in [5.41, 5.74) is 5.11. The average Bonchev–Trinajstić information content (AvgIpc) is 3.57. The van der Waals surface area contributed by atoms with Crippen molar-refractivity contribution in [1.29, 1.82) is 0 Å². The van der Waals surface area contributed by atoms with Gasteiger partial charge in [-0.25, -0.2) is 4.99 Å². The smallest absolute Gasteiger partial charge is 0.255 e. The van der Waals surface area contributed by atoms with E-state index < -0.39 is 0 Å². The highest BCUT2D eigenvalue weighted by atomic mass is 32.2. The largest absolute Gasteiger partial charge is 0.353 e. The van der Waals surface area contributed by atoms with Gasteiger partial charge in [-0.05, 0) is 54.4 Å². The number of thioether (sulfide) groups is 1.